The predicted octanol–water partition coefficient (Wildman–Crippen LogP) is 2.00. The standard InChI is InChI=1S/C16H23N3O/c1-13-5-2-9-18-14(13)15(20)19-10-4-7-16(12-19)6-3-8-17-11-16/h2,5,9,17H,3-4,6-8,10-12H2,1H3. The van der Waals surface area contributed by atoms with E-state index in [4.69, 9.17) is 0 Å². The third-order valence-corrected chi connectivity index (χ3v) is 4.72. The number of nitrogens with zero attached hydrogens (tertiary/aromatic N) is 2. The molecule has 0 aliphatic carbocycles. The number of piperidine rings is 2. The van der Waals surface area contributed by atoms with Gasteiger partial charge in [0.1, 0.15) is 5.69 Å². The second-order valence-corrected chi connectivity index (χ2v) is 6.28. The van der Waals surface area contributed by atoms with E-state index in [2.05, 4.69) is 10.3 Å². The van der Waals surface area contributed by atoms with Gasteiger partial charge in [-0.1, -0.05) is 6.07 Å². The van der Waals surface area contributed by atoms with Crippen molar-refractivity contribution in [3.63, 3.8) is 0 Å². The van der Waals surface area contributed by atoms with Crippen LogP contribution in [0.5, 0.6) is 0 Å². The van der Waals surface area contributed by atoms with Crippen molar-refractivity contribution in [3.8, 4) is 0 Å². The van der Waals surface area contributed by atoms with Gasteiger partial charge in [-0.2, -0.15) is 0 Å². The van der Waals surface area contributed by atoms with Crippen LogP contribution in [-0.2, 0) is 0 Å². The van der Waals surface area contributed by atoms with Crippen LogP contribution in [0.2, 0.25) is 0 Å². The number of nitrogens with one attached hydrogen (secondary N) is 1. The molecule has 2 aliphatic heterocycles. The molecule has 1 spiro atoms. The number of carbonyl (C=O) groups is 1. The molecule has 2 fully saturated rings. The van der Waals surface area contributed by atoms with Crippen LogP contribution >= 0.6 is 0 Å². The van der Waals surface area contributed by atoms with E-state index in [1.165, 1.54) is 19.3 Å². The molecule has 2 aliphatic rings. The van der Waals surface area contributed by atoms with E-state index in [0.717, 1.165) is 38.2 Å². The van der Waals surface area contributed by atoms with Crippen LogP contribution in [-0.4, -0.2) is 42.0 Å². The fourth-order valence-corrected chi connectivity index (χ4v) is 3.62. The van der Waals surface area contributed by atoms with Gasteiger partial charge in [-0.25, -0.2) is 0 Å². The number of likely N-dealkylation sites (tertiary alicyclic amines) is 1. The topological polar surface area (TPSA) is 45.2 Å². The smallest absolute Gasteiger partial charge is 0.272 e. The zero-order valence-electron chi connectivity index (χ0n) is 12.2. The Labute approximate surface area is 120 Å². The quantitative estimate of drug-likeness (QED) is 0.851. The van der Waals surface area contributed by atoms with Crippen molar-refractivity contribution in [2.24, 2.45) is 5.41 Å². The Morgan fingerprint density at radius 3 is 3.00 bits per heavy atom. The number of amides is 1. The summed E-state index contributed by atoms with van der Waals surface area (Å²) in [7, 11) is 0. The summed E-state index contributed by atoms with van der Waals surface area (Å²) in [5.41, 5.74) is 1.89. The minimum Gasteiger partial charge on any atom is -0.337 e. The Bertz CT molecular complexity index is 489. The first-order valence-corrected chi connectivity index (χ1v) is 7.62. The van der Waals surface area contributed by atoms with Gasteiger partial charge in [0.2, 0.25) is 0 Å². The van der Waals surface area contributed by atoms with Gasteiger partial charge in [0.25, 0.3) is 5.91 Å². The number of pyridine rings is 1. The highest BCUT2D eigenvalue weighted by molar-refractivity contribution is 5.93. The van der Waals surface area contributed by atoms with Crippen molar-refractivity contribution in [3.05, 3.63) is 29.6 Å². The lowest BCUT2D eigenvalue weighted by atomic mass is 9.74. The third-order valence-electron chi connectivity index (χ3n) is 4.72. The molecule has 1 unspecified atom stereocenters. The summed E-state index contributed by atoms with van der Waals surface area (Å²) in [5.74, 6) is 0.104. The molecule has 3 rings (SSSR count). The number of hydrogen-bond acceptors (Lipinski definition) is 3. The average molecular weight is 273 g/mol. The minimum atomic E-state index is 0.104. The first-order chi connectivity index (χ1) is 9.70. The summed E-state index contributed by atoms with van der Waals surface area (Å²) in [6.07, 6.45) is 6.53. The normalized spacial score (nSPS) is 26.8. The minimum absolute atomic E-state index is 0.104. The van der Waals surface area contributed by atoms with E-state index < -0.39 is 0 Å². The number of aromatic nitrogens is 1. The van der Waals surface area contributed by atoms with Gasteiger partial charge in [0, 0.05) is 31.2 Å². The van der Waals surface area contributed by atoms with Gasteiger partial charge in [-0.05, 0) is 50.8 Å². The van der Waals surface area contributed by atoms with Gasteiger partial charge in [0.05, 0.1) is 0 Å². The maximum Gasteiger partial charge on any atom is 0.272 e. The Morgan fingerprint density at radius 2 is 2.25 bits per heavy atom. The summed E-state index contributed by atoms with van der Waals surface area (Å²) in [6.45, 7) is 5.89. The van der Waals surface area contributed by atoms with Crippen molar-refractivity contribution in [2.75, 3.05) is 26.2 Å². The Balaban J connectivity index is 1.77. The molecular formula is C16H23N3O. The Morgan fingerprint density at radius 1 is 1.40 bits per heavy atom. The first kappa shape index (κ1) is 13.6. The maximum atomic E-state index is 12.7. The number of aryl methyl sites for hydroxylation is 1. The third kappa shape index (κ3) is 2.57. The van der Waals surface area contributed by atoms with Crippen molar-refractivity contribution in [2.45, 2.75) is 32.6 Å². The number of carbonyl (C=O) groups excluding carboxylic acids is 1. The van der Waals surface area contributed by atoms with Crippen LogP contribution in [0.3, 0.4) is 0 Å². The molecule has 20 heavy (non-hydrogen) atoms. The lowest BCUT2D eigenvalue weighted by molar-refractivity contribution is 0.0428. The molecule has 0 aromatic carbocycles. The fraction of sp³-hybridized carbons (Fsp3) is 0.625. The maximum absolute atomic E-state index is 12.7. The molecule has 1 aromatic heterocycles. The molecule has 1 atom stereocenters. The molecular weight excluding hydrogens is 250 g/mol. The van der Waals surface area contributed by atoms with Crippen molar-refractivity contribution < 1.29 is 4.79 Å². The monoisotopic (exact) mass is 273 g/mol. The summed E-state index contributed by atoms with van der Waals surface area (Å²) in [6, 6.07) is 3.84. The van der Waals surface area contributed by atoms with E-state index in [9.17, 15) is 4.79 Å². The van der Waals surface area contributed by atoms with Crippen molar-refractivity contribution >= 4 is 5.91 Å². The highest BCUT2D eigenvalue weighted by Gasteiger charge is 2.38. The van der Waals surface area contributed by atoms with Crippen LogP contribution in [0.15, 0.2) is 18.3 Å². The van der Waals surface area contributed by atoms with Gasteiger partial charge < -0.3 is 10.2 Å². The van der Waals surface area contributed by atoms with Crippen LogP contribution in [0.1, 0.15) is 41.7 Å². The van der Waals surface area contributed by atoms with Gasteiger partial charge in [-0.3, -0.25) is 9.78 Å². The molecule has 1 aromatic rings. The van der Waals surface area contributed by atoms with Gasteiger partial charge >= 0.3 is 0 Å². The number of hydrogen-bond donors (Lipinski definition) is 1. The summed E-state index contributed by atoms with van der Waals surface area (Å²) >= 11 is 0. The zero-order valence-corrected chi connectivity index (χ0v) is 12.2. The predicted molar refractivity (Wildman–Crippen MR) is 78.6 cm³/mol. The van der Waals surface area contributed by atoms with Crippen LogP contribution in [0.25, 0.3) is 0 Å². The molecule has 3 heterocycles. The van der Waals surface area contributed by atoms with E-state index in [-0.39, 0.29) is 5.91 Å². The summed E-state index contributed by atoms with van der Waals surface area (Å²) in [5, 5.41) is 3.50. The zero-order chi connectivity index (χ0) is 14.0. The molecule has 1 N–H and O–H groups in total. The van der Waals surface area contributed by atoms with Crippen LogP contribution in [0, 0.1) is 12.3 Å². The van der Waals surface area contributed by atoms with Crippen LogP contribution < -0.4 is 5.32 Å². The molecule has 0 radical (unpaired) electrons. The van der Waals surface area contributed by atoms with Crippen LogP contribution in [0.4, 0.5) is 0 Å². The highest BCUT2D eigenvalue weighted by atomic mass is 16.2. The summed E-state index contributed by atoms with van der Waals surface area (Å²) in [4.78, 5) is 19.0. The van der Waals surface area contributed by atoms with E-state index in [1.54, 1.807) is 6.20 Å². The van der Waals surface area contributed by atoms with Gasteiger partial charge in [0.15, 0.2) is 0 Å². The second-order valence-electron chi connectivity index (χ2n) is 6.28. The average Bonchev–Trinajstić information content (AvgIpc) is 2.48. The lowest BCUT2D eigenvalue weighted by Crippen LogP contribution is -2.52. The number of rotatable bonds is 1. The second kappa shape index (κ2) is 5.52. The summed E-state index contributed by atoms with van der Waals surface area (Å²) < 4.78 is 0. The molecule has 2 saturated heterocycles. The molecule has 0 saturated carbocycles. The Kier molecular flexibility index (Phi) is 3.74. The molecule has 108 valence electrons. The Hall–Kier alpha value is -1.42. The first-order valence-electron chi connectivity index (χ1n) is 7.62. The van der Waals surface area contributed by atoms with E-state index in [0.29, 0.717) is 11.1 Å². The highest BCUT2D eigenvalue weighted by Crippen LogP contribution is 2.36. The molecule has 4 nitrogen and oxygen atoms in total. The van der Waals surface area contributed by atoms with Crippen molar-refractivity contribution in [1.82, 2.24) is 15.2 Å². The van der Waals surface area contributed by atoms with Gasteiger partial charge in [-0.15, -0.1) is 0 Å². The fourth-order valence-electron chi connectivity index (χ4n) is 3.62. The lowest BCUT2D eigenvalue weighted by Gasteiger charge is -2.45. The van der Waals surface area contributed by atoms with Crippen molar-refractivity contribution in [1.29, 1.82) is 0 Å². The largest absolute Gasteiger partial charge is 0.337 e. The molecule has 4 heteroatoms. The van der Waals surface area contributed by atoms with E-state index >= 15 is 0 Å². The molecule has 0 bridgehead atoms. The SMILES string of the molecule is Cc1cccnc1C(=O)N1CCCC2(CCCNC2)C1. The molecule has 1 amide bonds. The van der Waals surface area contributed by atoms with E-state index in [1.807, 2.05) is 24.0 Å².